The standard InChI is InChI=1S/C18H15N.C14H10.C5H5N/c1-4-10-16(11-5-1)19(17-12-6-2-7-13-17)18-14-8-3-9-15-18;1-2-6-12-10-14-8-4-3-7-13(14)9-11(12)5-1;1-2-4-6-5-3-1/h1-15H;1-10H;1-5H. The quantitative estimate of drug-likeness (QED) is 0.223. The van der Waals surface area contributed by atoms with E-state index in [2.05, 4.69) is 143 Å². The van der Waals surface area contributed by atoms with Gasteiger partial charge in [-0.05, 0) is 82.2 Å². The maximum absolute atomic E-state index is 3.78. The minimum atomic E-state index is 1.17. The molecule has 39 heavy (non-hydrogen) atoms. The van der Waals surface area contributed by atoms with E-state index in [1.54, 1.807) is 12.4 Å². The van der Waals surface area contributed by atoms with Gasteiger partial charge in [0, 0.05) is 29.5 Å². The fraction of sp³-hybridized carbons (Fsp3) is 0. The van der Waals surface area contributed by atoms with Gasteiger partial charge >= 0.3 is 0 Å². The maximum atomic E-state index is 3.78. The van der Waals surface area contributed by atoms with Crippen molar-refractivity contribution in [2.24, 2.45) is 0 Å². The third-order valence-corrected chi connectivity index (χ3v) is 6.22. The monoisotopic (exact) mass is 502 g/mol. The molecule has 188 valence electrons. The number of hydrogen-bond acceptors (Lipinski definition) is 2. The second kappa shape index (κ2) is 13.4. The first-order valence-electron chi connectivity index (χ1n) is 13.1. The van der Waals surface area contributed by atoms with Gasteiger partial charge in [-0.3, -0.25) is 4.98 Å². The number of benzene rings is 6. The number of nitrogens with zero attached hydrogens (tertiary/aromatic N) is 2. The van der Waals surface area contributed by atoms with Gasteiger partial charge in [0.2, 0.25) is 0 Å². The number of para-hydroxylation sites is 3. The van der Waals surface area contributed by atoms with Crippen molar-refractivity contribution < 1.29 is 0 Å². The molecule has 2 nitrogen and oxygen atoms in total. The summed E-state index contributed by atoms with van der Waals surface area (Å²) < 4.78 is 0. The molecule has 0 spiro atoms. The van der Waals surface area contributed by atoms with Crippen LogP contribution < -0.4 is 4.90 Å². The summed E-state index contributed by atoms with van der Waals surface area (Å²) in [6, 6.07) is 58.4. The molecular formula is C37H30N2. The van der Waals surface area contributed by atoms with E-state index < -0.39 is 0 Å². The van der Waals surface area contributed by atoms with Gasteiger partial charge in [-0.25, -0.2) is 0 Å². The summed E-state index contributed by atoms with van der Waals surface area (Å²) in [7, 11) is 0. The highest BCUT2D eigenvalue weighted by Gasteiger charge is 2.10. The molecule has 1 heterocycles. The second-order valence-corrected chi connectivity index (χ2v) is 8.91. The lowest BCUT2D eigenvalue weighted by molar-refractivity contribution is 1.28. The molecule has 1 aromatic heterocycles. The normalized spacial score (nSPS) is 10.1. The molecule has 0 saturated heterocycles. The summed E-state index contributed by atoms with van der Waals surface area (Å²) in [5, 5.41) is 5.25. The molecule has 0 aliphatic rings. The first kappa shape index (κ1) is 25.4. The lowest BCUT2D eigenvalue weighted by Gasteiger charge is -2.25. The third kappa shape index (κ3) is 6.97. The van der Waals surface area contributed by atoms with E-state index in [9.17, 15) is 0 Å². The number of anilines is 3. The van der Waals surface area contributed by atoms with Crippen molar-refractivity contribution in [3.8, 4) is 0 Å². The number of aromatic nitrogens is 1. The van der Waals surface area contributed by atoms with Crippen molar-refractivity contribution in [1.29, 1.82) is 0 Å². The fourth-order valence-electron chi connectivity index (χ4n) is 4.37. The summed E-state index contributed by atoms with van der Waals surface area (Å²) in [6.45, 7) is 0. The SMILES string of the molecule is c1ccc(N(c2ccccc2)c2ccccc2)cc1.c1ccc2cc3ccccc3cc2c1.c1ccncc1. The summed E-state index contributed by atoms with van der Waals surface area (Å²) in [4.78, 5) is 6.03. The Kier molecular flexibility index (Phi) is 8.72. The van der Waals surface area contributed by atoms with Gasteiger partial charge in [-0.15, -0.1) is 0 Å². The van der Waals surface area contributed by atoms with Gasteiger partial charge in [-0.2, -0.15) is 0 Å². The largest absolute Gasteiger partial charge is 0.311 e. The van der Waals surface area contributed by atoms with Crippen molar-refractivity contribution >= 4 is 38.6 Å². The summed E-state index contributed by atoms with van der Waals surface area (Å²) in [5.74, 6) is 0. The molecule has 7 aromatic rings. The van der Waals surface area contributed by atoms with Crippen molar-refractivity contribution in [2.45, 2.75) is 0 Å². The van der Waals surface area contributed by atoms with Crippen LogP contribution >= 0.6 is 0 Å². The molecule has 0 bridgehead atoms. The lowest BCUT2D eigenvalue weighted by atomic mass is 10.0. The zero-order valence-electron chi connectivity index (χ0n) is 21.7. The minimum Gasteiger partial charge on any atom is -0.311 e. The molecule has 0 saturated carbocycles. The molecule has 0 fully saturated rings. The molecule has 0 radical (unpaired) electrons. The number of fused-ring (bicyclic) bond motifs is 2. The topological polar surface area (TPSA) is 16.1 Å². The minimum absolute atomic E-state index is 1.17. The number of pyridine rings is 1. The zero-order valence-corrected chi connectivity index (χ0v) is 21.7. The zero-order chi connectivity index (χ0) is 26.5. The van der Waals surface area contributed by atoms with Crippen LogP contribution in [0.15, 0.2) is 182 Å². The van der Waals surface area contributed by atoms with E-state index in [0.29, 0.717) is 0 Å². The van der Waals surface area contributed by atoms with Crippen LogP contribution in [0.4, 0.5) is 17.1 Å². The first-order chi connectivity index (χ1) is 19.4. The highest BCUT2D eigenvalue weighted by atomic mass is 15.1. The van der Waals surface area contributed by atoms with Crippen LogP contribution in [0.3, 0.4) is 0 Å². The van der Waals surface area contributed by atoms with Crippen LogP contribution in [0.5, 0.6) is 0 Å². The molecule has 0 N–H and O–H groups in total. The number of hydrogen-bond donors (Lipinski definition) is 0. The Morgan fingerprint density at radius 3 is 0.846 bits per heavy atom. The van der Waals surface area contributed by atoms with Crippen LogP contribution in [-0.2, 0) is 0 Å². The average Bonchev–Trinajstić information content (AvgIpc) is 3.03. The Balaban J connectivity index is 0.000000134. The van der Waals surface area contributed by atoms with Gasteiger partial charge in [0.05, 0.1) is 0 Å². The van der Waals surface area contributed by atoms with Crippen molar-refractivity contribution in [1.82, 2.24) is 4.98 Å². The van der Waals surface area contributed by atoms with E-state index in [0.717, 1.165) is 0 Å². The Bertz CT molecular complexity index is 1460. The molecule has 0 aliphatic heterocycles. The van der Waals surface area contributed by atoms with Gasteiger partial charge < -0.3 is 4.90 Å². The maximum Gasteiger partial charge on any atom is 0.0461 e. The van der Waals surface area contributed by atoms with Crippen LogP contribution in [0.2, 0.25) is 0 Å². The van der Waals surface area contributed by atoms with Crippen LogP contribution in [0.25, 0.3) is 21.5 Å². The molecule has 6 aromatic carbocycles. The molecule has 0 atom stereocenters. The van der Waals surface area contributed by atoms with Crippen molar-refractivity contribution in [2.75, 3.05) is 4.90 Å². The average molecular weight is 503 g/mol. The first-order valence-corrected chi connectivity index (χ1v) is 13.1. The summed E-state index contributed by atoms with van der Waals surface area (Å²) in [6.07, 6.45) is 3.50. The van der Waals surface area contributed by atoms with Crippen molar-refractivity contribution in [3.05, 3.63) is 182 Å². The van der Waals surface area contributed by atoms with E-state index in [4.69, 9.17) is 0 Å². The summed E-state index contributed by atoms with van der Waals surface area (Å²) >= 11 is 0. The Labute approximate surface area is 230 Å². The van der Waals surface area contributed by atoms with Crippen LogP contribution in [0, 0.1) is 0 Å². The molecule has 0 aliphatic carbocycles. The fourth-order valence-corrected chi connectivity index (χ4v) is 4.37. The molecule has 7 rings (SSSR count). The predicted octanol–water partition coefficient (Wildman–Crippen LogP) is 10.2. The van der Waals surface area contributed by atoms with Crippen LogP contribution in [-0.4, -0.2) is 4.98 Å². The van der Waals surface area contributed by atoms with Gasteiger partial charge in [-0.1, -0.05) is 109 Å². The van der Waals surface area contributed by atoms with E-state index in [1.807, 2.05) is 36.4 Å². The van der Waals surface area contributed by atoms with E-state index >= 15 is 0 Å². The molecule has 0 amide bonds. The van der Waals surface area contributed by atoms with Crippen LogP contribution in [0.1, 0.15) is 0 Å². The van der Waals surface area contributed by atoms with Gasteiger partial charge in [0.15, 0.2) is 0 Å². The Morgan fingerprint density at radius 2 is 0.590 bits per heavy atom. The predicted molar refractivity (Wildman–Crippen MR) is 167 cm³/mol. The van der Waals surface area contributed by atoms with Gasteiger partial charge in [0.1, 0.15) is 0 Å². The van der Waals surface area contributed by atoms with Gasteiger partial charge in [0.25, 0.3) is 0 Å². The Morgan fingerprint density at radius 1 is 0.308 bits per heavy atom. The van der Waals surface area contributed by atoms with Crippen molar-refractivity contribution in [3.63, 3.8) is 0 Å². The molecular weight excluding hydrogens is 472 g/mol. The highest BCUT2D eigenvalue weighted by molar-refractivity contribution is 5.98. The smallest absolute Gasteiger partial charge is 0.0461 e. The highest BCUT2D eigenvalue weighted by Crippen LogP contribution is 2.33. The molecule has 0 unspecified atom stereocenters. The Hall–Kier alpha value is -5.21. The lowest BCUT2D eigenvalue weighted by Crippen LogP contribution is -2.09. The number of rotatable bonds is 3. The second-order valence-electron chi connectivity index (χ2n) is 8.91. The molecule has 2 heteroatoms. The van der Waals surface area contributed by atoms with E-state index in [1.165, 1.54) is 38.6 Å². The van der Waals surface area contributed by atoms with E-state index in [-0.39, 0.29) is 0 Å². The third-order valence-electron chi connectivity index (χ3n) is 6.22. The summed E-state index contributed by atoms with van der Waals surface area (Å²) in [5.41, 5.74) is 3.50.